The van der Waals surface area contributed by atoms with Crippen molar-refractivity contribution in [2.24, 2.45) is 0 Å². The minimum absolute atomic E-state index is 0.206. The highest BCUT2D eigenvalue weighted by molar-refractivity contribution is 5.73. The third-order valence-corrected chi connectivity index (χ3v) is 4.89. The van der Waals surface area contributed by atoms with Gasteiger partial charge < -0.3 is 24.7 Å². The number of rotatable bonds is 7. The standard InChI is InChI=1S/C23H27N3O3/c1-16-12-19(17(2)26(16)20-8-10-21(28-3)11-9-20)15-25-23(27)24-14-18-6-5-7-22(13-18)29-4/h5-13H,14-15H2,1-4H3,(H2,24,25,27). The van der Waals surface area contributed by atoms with Gasteiger partial charge in [0.1, 0.15) is 11.5 Å². The second-order valence-electron chi connectivity index (χ2n) is 6.82. The van der Waals surface area contributed by atoms with Crippen molar-refractivity contribution in [1.29, 1.82) is 0 Å². The molecule has 2 N–H and O–H groups in total. The first-order chi connectivity index (χ1) is 14.0. The summed E-state index contributed by atoms with van der Waals surface area (Å²) in [6.45, 7) is 5.01. The lowest BCUT2D eigenvalue weighted by molar-refractivity contribution is 0.240. The van der Waals surface area contributed by atoms with E-state index in [0.717, 1.165) is 39.7 Å². The van der Waals surface area contributed by atoms with Crippen LogP contribution in [-0.4, -0.2) is 24.8 Å². The molecule has 6 heteroatoms. The summed E-state index contributed by atoms with van der Waals surface area (Å²) in [7, 11) is 3.28. The minimum atomic E-state index is -0.206. The molecule has 3 rings (SSSR count). The zero-order valence-electron chi connectivity index (χ0n) is 17.3. The Labute approximate surface area is 171 Å². The fraction of sp³-hybridized carbons (Fsp3) is 0.261. The fourth-order valence-corrected chi connectivity index (χ4v) is 3.34. The number of hydrogen-bond acceptors (Lipinski definition) is 3. The lowest BCUT2D eigenvalue weighted by Gasteiger charge is -2.11. The Balaban J connectivity index is 1.61. The highest BCUT2D eigenvalue weighted by atomic mass is 16.5. The van der Waals surface area contributed by atoms with Crippen LogP contribution in [-0.2, 0) is 13.1 Å². The van der Waals surface area contributed by atoms with Crippen LogP contribution in [0.25, 0.3) is 5.69 Å². The van der Waals surface area contributed by atoms with Crippen LogP contribution in [0.5, 0.6) is 11.5 Å². The Morgan fingerprint density at radius 2 is 1.59 bits per heavy atom. The Hall–Kier alpha value is -3.41. The van der Waals surface area contributed by atoms with Crippen LogP contribution < -0.4 is 20.1 Å². The van der Waals surface area contributed by atoms with Crippen molar-refractivity contribution in [1.82, 2.24) is 15.2 Å². The van der Waals surface area contributed by atoms with E-state index in [2.05, 4.69) is 35.1 Å². The van der Waals surface area contributed by atoms with E-state index in [9.17, 15) is 4.79 Å². The first kappa shape index (κ1) is 20.3. The molecule has 0 aliphatic carbocycles. The van der Waals surface area contributed by atoms with Crippen molar-refractivity contribution in [3.05, 3.63) is 77.1 Å². The molecular formula is C23H27N3O3. The highest BCUT2D eigenvalue weighted by Crippen LogP contribution is 2.22. The van der Waals surface area contributed by atoms with Crippen molar-refractivity contribution in [3.63, 3.8) is 0 Å². The van der Waals surface area contributed by atoms with Gasteiger partial charge in [-0.3, -0.25) is 0 Å². The molecule has 0 fully saturated rings. The third-order valence-electron chi connectivity index (χ3n) is 4.89. The van der Waals surface area contributed by atoms with Crippen molar-refractivity contribution >= 4 is 6.03 Å². The predicted octanol–water partition coefficient (Wildman–Crippen LogP) is 4.11. The molecule has 0 atom stereocenters. The van der Waals surface area contributed by atoms with Crippen LogP contribution in [0.1, 0.15) is 22.5 Å². The zero-order chi connectivity index (χ0) is 20.8. The number of nitrogens with zero attached hydrogens (tertiary/aromatic N) is 1. The van der Waals surface area contributed by atoms with Crippen molar-refractivity contribution in [2.45, 2.75) is 26.9 Å². The van der Waals surface area contributed by atoms with Gasteiger partial charge in [0.25, 0.3) is 0 Å². The number of ether oxygens (including phenoxy) is 2. The van der Waals surface area contributed by atoms with Gasteiger partial charge in [0.2, 0.25) is 0 Å². The Morgan fingerprint density at radius 3 is 2.28 bits per heavy atom. The number of benzene rings is 2. The molecular weight excluding hydrogens is 366 g/mol. The van der Waals surface area contributed by atoms with Gasteiger partial charge in [0.15, 0.2) is 0 Å². The monoisotopic (exact) mass is 393 g/mol. The smallest absolute Gasteiger partial charge is 0.315 e. The van der Waals surface area contributed by atoms with E-state index in [1.54, 1.807) is 14.2 Å². The maximum absolute atomic E-state index is 12.2. The van der Waals surface area contributed by atoms with Crippen molar-refractivity contribution in [2.75, 3.05) is 14.2 Å². The molecule has 0 bridgehead atoms. The Morgan fingerprint density at radius 1 is 0.897 bits per heavy atom. The summed E-state index contributed by atoms with van der Waals surface area (Å²) in [5, 5.41) is 5.81. The number of amides is 2. The van der Waals surface area contributed by atoms with Gasteiger partial charge in [-0.25, -0.2) is 4.79 Å². The molecule has 1 heterocycles. The lowest BCUT2D eigenvalue weighted by Crippen LogP contribution is -2.34. The van der Waals surface area contributed by atoms with Gasteiger partial charge in [0, 0.05) is 30.2 Å². The second-order valence-corrected chi connectivity index (χ2v) is 6.82. The topological polar surface area (TPSA) is 64.5 Å². The van der Waals surface area contributed by atoms with Gasteiger partial charge >= 0.3 is 6.03 Å². The fourth-order valence-electron chi connectivity index (χ4n) is 3.34. The normalized spacial score (nSPS) is 10.5. The molecule has 0 aliphatic heterocycles. The number of methoxy groups -OCH3 is 2. The summed E-state index contributed by atoms with van der Waals surface area (Å²) in [5.41, 5.74) is 5.34. The maximum Gasteiger partial charge on any atom is 0.315 e. The van der Waals surface area contributed by atoms with Crippen LogP contribution in [0, 0.1) is 13.8 Å². The SMILES string of the molecule is COc1ccc(-n2c(C)cc(CNC(=O)NCc3cccc(OC)c3)c2C)cc1. The van der Waals surface area contributed by atoms with Gasteiger partial charge in [-0.1, -0.05) is 12.1 Å². The van der Waals surface area contributed by atoms with Crippen molar-refractivity contribution in [3.8, 4) is 17.2 Å². The molecule has 152 valence electrons. The second kappa shape index (κ2) is 9.19. The molecule has 2 aromatic carbocycles. The Bertz CT molecular complexity index is 978. The molecule has 3 aromatic rings. The van der Waals surface area contributed by atoms with Gasteiger partial charge in [-0.15, -0.1) is 0 Å². The van der Waals surface area contributed by atoms with Crippen LogP contribution in [0.3, 0.4) is 0 Å². The number of carbonyl (C=O) groups excluding carboxylic acids is 1. The van der Waals surface area contributed by atoms with E-state index >= 15 is 0 Å². The molecule has 2 amide bonds. The average Bonchev–Trinajstić information content (AvgIpc) is 3.04. The molecule has 0 saturated heterocycles. The van der Waals surface area contributed by atoms with Crippen LogP contribution >= 0.6 is 0 Å². The number of hydrogen-bond donors (Lipinski definition) is 2. The number of urea groups is 1. The molecule has 29 heavy (non-hydrogen) atoms. The molecule has 6 nitrogen and oxygen atoms in total. The van der Waals surface area contributed by atoms with Gasteiger partial charge in [-0.2, -0.15) is 0 Å². The Kier molecular flexibility index (Phi) is 6.44. The quantitative estimate of drug-likeness (QED) is 0.635. The van der Waals surface area contributed by atoms with E-state index in [-0.39, 0.29) is 6.03 Å². The van der Waals surface area contributed by atoms with E-state index in [4.69, 9.17) is 9.47 Å². The van der Waals surface area contributed by atoms with E-state index < -0.39 is 0 Å². The summed E-state index contributed by atoms with van der Waals surface area (Å²) in [4.78, 5) is 12.2. The van der Waals surface area contributed by atoms with E-state index in [1.165, 1.54) is 0 Å². The summed E-state index contributed by atoms with van der Waals surface area (Å²) in [6, 6.07) is 17.5. The summed E-state index contributed by atoms with van der Waals surface area (Å²) < 4.78 is 12.6. The first-order valence-electron chi connectivity index (χ1n) is 9.48. The number of carbonyl (C=O) groups is 1. The van der Waals surface area contributed by atoms with Crippen LogP contribution in [0.4, 0.5) is 4.79 Å². The average molecular weight is 393 g/mol. The largest absolute Gasteiger partial charge is 0.497 e. The first-order valence-corrected chi connectivity index (χ1v) is 9.48. The molecule has 0 aliphatic rings. The molecule has 0 radical (unpaired) electrons. The van der Waals surface area contributed by atoms with Gasteiger partial charge in [-0.05, 0) is 67.4 Å². The molecule has 0 unspecified atom stereocenters. The third kappa shape index (κ3) is 4.90. The lowest BCUT2D eigenvalue weighted by atomic mass is 10.2. The van der Waals surface area contributed by atoms with Crippen LogP contribution in [0.2, 0.25) is 0 Å². The highest BCUT2D eigenvalue weighted by Gasteiger charge is 2.12. The predicted molar refractivity (Wildman–Crippen MR) is 114 cm³/mol. The number of aryl methyl sites for hydroxylation is 1. The number of aromatic nitrogens is 1. The van der Waals surface area contributed by atoms with Crippen molar-refractivity contribution < 1.29 is 14.3 Å². The molecule has 0 spiro atoms. The minimum Gasteiger partial charge on any atom is -0.497 e. The summed E-state index contributed by atoms with van der Waals surface area (Å²) in [6.07, 6.45) is 0. The van der Waals surface area contributed by atoms with E-state index in [1.807, 2.05) is 48.5 Å². The summed E-state index contributed by atoms with van der Waals surface area (Å²) in [5.74, 6) is 1.60. The molecule has 1 aromatic heterocycles. The van der Waals surface area contributed by atoms with Gasteiger partial charge in [0.05, 0.1) is 14.2 Å². The zero-order valence-corrected chi connectivity index (χ0v) is 17.3. The molecule has 0 saturated carbocycles. The maximum atomic E-state index is 12.2. The van der Waals surface area contributed by atoms with E-state index in [0.29, 0.717) is 13.1 Å². The van der Waals surface area contributed by atoms with Crippen LogP contribution in [0.15, 0.2) is 54.6 Å². The summed E-state index contributed by atoms with van der Waals surface area (Å²) >= 11 is 0. The number of nitrogens with one attached hydrogen (secondary N) is 2.